The quantitative estimate of drug-likeness (QED) is 0.310. The van der Waals surface area contributed by atoms with Crippen molar-refractivity contribution in [3.8, 4) is 11.5 Å². The summed E-state index contributed by atoms with van der Waals surface area (Å²) in [6, 6.07) is 15.7. The zero-order chi connectivity index (χ0) is 23.1. The fourth-order valence-electron chi connectivity index (χ4n) is 3.44. The van der Waals surface area contributed by atoms with Crippen LogP contribution in [0.2, 0.25) is 0 Å². The van der Waals surface area contributed by atoms with Crippen LogP contribution in [0.5, 0.6) is 11.5 Å². The lowest BCUT2D eigenvalue weighted by molar-refractivity contribution is -0.150. The summed E-state index contributed by atoms with van der Waals surface area (Å²) in [5.74, 6) is 0.928. The molecule has 3 aromatic carbocycles. The Morgan fingerprint density at radius 3 is 1.25 bits per heavy atom. The lowest BCUT2D eigenvalue weighted by atomic mass is 10.0. The molecule has 0 amide bonds. The van der Waals surface area contributed by atoms with E-state index in [0.29, 0.717) is 24.3 Å². The first-order valence-corrected chi connectivity index (χ1v) is 11.0. The first-order chi connectivity index (χ1) is 15.4. The van der Waals surface area contributed by atoms with Gasteiger partial charge < -0.3 is 18.9 Å². The number of hydrogen-bond acceptors (Lipinski definition) is 6. The molecule has 0 fully saturated rings. The van der Waals surface area contributed by atoms with Crippen LogP contribution >= 0.6 is 0 Å². The first kappa shape index (κ1) is 23.4. The van der Waals surface area contributed by atoms with E-state index in [-0.39, 0.29) is 37.4 Å². The van der Waals surface area contributed by atoms with Gasteiger partial charge in [-0.05, 0) is 13.8 Å². The molecule has 170 valence electrons. The van der Waals surface area contributed by atoms with Gasteiger partial charge in [0.2, 0.25) is 0 Å². The highest BCUT2D eigenvalue weighted by Crippen LogP contribution is 2.42. The van der Waals surface area contributed by atoms with Crippen molar-refractivity contribution in [3.63, 3.8) is 0 Å². The van der Waals surface area contributed by atoms with Crippen LogP contribution in [0.4, 0.5) is 0 Å². The Hall–Kier alpha value is -3.28. The van der Waals surface area contributed by atoms with Gasteiger partial charge in [0, 0.05) is 34.4 Å². The van der Waals surface area contributed by atoms with Gasteiger partial charge >= 0.3 is 11.9 Å². The van der Waals surface area contributed by atoms with Crippen molar-refractivity contribution in [1.29, 1.82) is 0 Å². The maximum atomic E-state index is 11.6. The fourth-order valence-corrected chi connectivity index (χ4v) is 3.44. The number of hydrogen-bond donors (Lipinski definition) is 0. The predicted octanol–water partition coefficient (Wildman–Crippen LogP) is 5.43. The second-order valence-electron chi connectivity index (χ2n) is 7.68. The van der Waals surface area contributed by atoms with Crippen molar-refractivity contribution in [1.82, 2.24) is 0 Å². The third-order valence-electron chi connectivity index (χ3n) is 5.00. The second kappa shape index (κ2) is 10.8. The van der Waals surface area contributed by atoms with E-state index in [9.17, 15) is 9.59 Å². The molecule has 0 bridgehead atoms. The molecule has 0 aliphatic heterocycles. The fraction of sp³-hybridized carbons (Fsp3) is 0.385. The molecule has 0 spiro atoms. The SMILES string of the molecule is CCC(=O)OC(C)COc1c2ccccc2c(OCC(C)OC(=O)CC)c2ccccc12. The number of esters is 2. The van der Waals surface area contributed by atoms with E-state index in [1.54, 1.807) is 13.8 Å². The van der Waals surface area contributed by atoms with Crippen molar-refractivity contribution in [3.05, 3.63) is 48.5 Å². The molecule has 0 heterocycles. The van der Waals surface area contributed by atoms with E-state index in [2.05, 4.69) is 0 Å². The van der Waals surface area contributed by atoms with Crippen LogP contribution in [0.3, 0.4) is 0 Å². The average Bonchev–Trinajstić information content (AvgIpc) is 2.80. The zero-order valence-corrected chi connectivity index (χ0v) is 19.1. The molecule has 2 atom stereocenters. The monoisotopic (exact) mass is 438 g/mol. The van der Waals surface area contributed by atoms with Crippen LogP contribution in [-0.2, 0) is 19.1 Å². The van der Waals surface area contributed by atoms with Crippen LogP contribution in [0.25, 0.3) is 21.5 Å². The molecule has 0 saturated heterocycles. The Kier molecular flexibility index (Phi) is 7.92. The van der Waals surface area contributed by atoms with Crippen LogP contribution < -0.4 is 9.47 Å². The Morgan fingerprint density at radius 2 is 0.969 bits per heavy atom. The molecule has 0 radical (unpaired) electrons. The highest BCUT2D eigenvalue weighted by Gasteiger charge is 2.18. The third kappa shape index (κ3) is 5.49. The normalized spacial score (nSPS) is 12.9. The lowest BCUT2D eigenvalue weighted by Crippen LogP contribution is -2.22. The molecule has 32 heavy (non-hydrogen) atoms. The number of carbonyl (C=O) groups is 2. The largest absolute Gasteiger partial charge is 0.488 e. The highest BCUT2D eigenvalue weighted by molar-refractivity contribution is 6.11. The summed E-state index contributed by atoms with van der Waals surface area (Å²) < 4.78 is 23.1. The van der Waals surface area contributed by atoms with Gasteiger partial charge in [-0.1, -0.05) is 62.4 Å². The Bertz CT molecular complexity index is 947. The van der Waals surface area contributed by atoms with Crippen LogP contribution in [0, 0.1) is 0 Å². The van der Waals surface area contributed by atoms with E-state index in [1.165, 1.54) is 0 Å². The third-order valence-corrected chi connectivity index (χ3v) is 5.00. The molecule has 3 aromatic rings. The maximum absolute atomic E-state index is 11.6. The molecule has 6 heteroatoms. The van der Waals surface area contributed by atoms with Gasteiger partial charge in [0.15, 0.2) is 0 Å². The average molecular weight is 439 g/mol. The topological polar surface area (TPSA) is 71.1 Å². The molecule has 0 saturated carbocycles. The molecule has 6 nitrogen and oxygen atoms in total. The molecule has 2 unspecified atom stereocenters. The molecule has 0 aliphatic rings. The molecule has 3 rings (SSSR count). The lowest BCUT2D eigenvalue weighted by Gasteiger charge is -2.20. The smallest absolute Gasteiger partial charge is 0.305 e. The highest BCUT2D eigenvalue weighted by atomic mass is 16.6. The summed E-state index contributed by atoms with van der Waals surface area (Å²) in [7, 11) is 0. The van der Waals surface area contributed by atoms with Gasteiger partial charge in [-0.2, -0.15) is 0 Å². The first-order valence-electron chi connectivity index (χ1n) is 11.0. The Morgan fingerprint density at radius 1 is 0.656 bits per heavy atom. The van der Waals surface area contributed by atoms with Crippen molar-refractivity contribution >= 4 is 33.5 Å². The predicted molar refractivity (Wildman–Crippen MR) is 124 cm³/mol. The van der Waals surface area contributed by atoms with E-state index in [1.807, 2.05) is 62.4 Å². The van der Waals surface area contributed by atoms with Crippen molar-refractivity contribution in [2.75, 3.05) is 13.2 Å². The number of benzene rings is 3. The van der Waals surface area contributed by atoms with Gasteiger partial charge in [-0.25, -0.2) is 0 Å². The molecular formula is C26H30O6. The van der Waals surface area contributed by atoms with Crippen LogP contribution in [-0.4, -0.2) is 37.4 Å². The Labute approximate surface area is 188 Å². The summed E-state index contributed by atoms with van der Waals surface area (Å²) in [5.41, 5.74) is 0. The summed E-state index contributed by atoms with van der Waals surface area (Å²) in [5, 5.41) is 3.59. The van der Waals surface area contributed by atoms with E-state index in [0.717, 1.165) is 21.5 Å². The summed E-state index contributed by atoms with van der Waals surface area (Å²) in [6.45, 7) is 7.64. The Balaban J connectivity index is 1.95. The maximum Gasteiger partial charge on any atom is 0.305 e. The van der Waals surface area contributed by atoms with E-state index < -0.39 is 0 Å². The van der Waals surface area contributed by atoms with Crippen molar-refractivity contribution in [2.24, 2.45) is 0 Å². The standard InChI is InChI=1S/C26H30O6/c1-5-23(27)31-17(3)15-29-25-19-11-7-9-13-21(19)26(22-14-10-8-12-20(22)25)30-16-18(4)32-24(28)6-2/h7-14,17-18H,5-6,15-16H2,1-4H3. The van der Waals surface area contributed by atoms with E-state index in [4.69, 9.17) is 18.9 Å². The van der Waals surface area contributed by atoms with Crippen molar-refractivity contribution < 1.29 is 28.5 Å². The minimum atomic E-state index is -0.370. The summed E-state index contributed by atoms with van der Waals surface area (Å²) in [4.78, 5) is 23.2. The number of rotatable bonds is 10. The van der Waals surface area contributed by atoms with Gasteiger partial charge in [-0.15, -0.1) is 0 Å². The number of carbonyl (C=O) groups excluding carboxylic acids is 2. The van der Waals surface area contributed by atoms with E-state index >= 15 is 0 Å². The molecule has 0 aliphatic carbocycles. The van der Waals surface area contributed by atoms with Gasteiger partial charge in [-0.3, -0.25) is 9.59 Å². The molecule has 0 aromatic heterocycles. The van der Waals surface area contributed by atoms with Crippen LogP contribution in [0.15, 0.2) is 48.5 Å². The van der Waals surface area contributed by atoms with Gasteiger partial charge in [0.1, 0.15) is 36.9 Å². The zero-order valence-electron chi connectivity index (χ0n) is 19.1. The molecule has 0 N–H and O–H groups in total. The minimum absolute atomic E-state index is 0.240. The number of ether oxygens (including phenoxy) is 4. The number of fused-ring (bicyclic) bond motifs is 2. The van der Waals surface area contributed by atoms with Crippen molar-refractivity contribution in [2.45, 2.75) is 52.7 Å². The van der Waals surface area contributed by atoms with Crippen LogP contribution in [0.1, 0.15) is 40.5 Å². The second-order valence-corrected chi connectivity index (χ2v) is 7.68. The summed E-state index contributed by atoms with van der Waals surface area (Å²) >= 11 is 0. The summed E-state index contributed by atoms with van der Waals surface area (Å²) in [6.07, 6.45) is -0.0855. The van der Waals surface area contributed by atoms with Gasteiger partial charge in [0.25, 0.3) is 0 Å². The van der Waals surface area contributed by atoms with Gasteiger partial charge in [0.05, 0.1) is 0 Å². The minimum Gasteiger partial charge on any atom is -0.488 e. The molecular weight excluding hydrogens is 408 g/mol.